The molecular formula is C18H16O. The lowest BCUT2D eigenvalue weighted by molar-refractivity contribution is 0.477. The third-order valence-corrected chi connectivity index (χ3v) is 3.53. The zero-order valence-corrected chi connectivity index (χ0v) is 10.9. The minimum absolute atomic E-state index is 0.396. The largest absolute Gasteiger partial charge is 0.507 e. The van der Waals surface area contributed by atoms with Crippen LogP contribution in [0.4, 0.5) is 0 Å². The highest BCUT2D eigenvalue weighted by Gasteiger charge is 2.08. The van der Waals surface area contributed by atoms with E-state index >= 15 is 0 Å². The SMILES string of the molecule is Cc1cc(Cc2ccccc2)c2ccccc2c1O. The Labute approximate surface area is 113 Å². The van der Waals surface area contributed by atoms with Gasteiger partial charge in [0.15, 0.2) is 0 Å². The van der Waals surface area contributed by atoms with E-state index in [1.54, 1.807) is 0 Å². The van der Waals surface area contributed by atoms with E-state index in [1.807, 2.05) is 31.2 Å². The van der Waals surface area contributed by atoms with Gasteiger partial charge in [0.05, 0.1) is 0 Å². The van der Waals surface area contributed by atoms with E-state index in [0.29, 0.717) is 5.75 Å². The van der Waals surface area contributed by atoms with Crippen LogP contribution in [0.15, 0.2) is 60.7 Å². The number of hydrogen-bond acceptors (Lipinski definition) is 1. The molecule has 3 rings (SSSR count). The lowest BCUT2D eigenvalue weighted by atomic mass is 9.95. The summed E-state index contributed by atoms with van der Waals surface area (Å²) < 4.78 is 0. The second-order valence-electron chi connectivity index (χ2n) is 4.91. The van der Waals surface area contributed by atoms with Crippen LogP contribution in [0.2, 0.25) is 0 Å². The number of hydrogen-bond donors (Lipinski definition) is 1. The van der Waals surface area contributed by atoms with Crippen LogP contribution in [-0.4, -0.2) is 5.11 Å². The lowest BCUT2D eigenvalue weighted by Crippen LogP contribution is -1.92. The van der Waals surface area contributed by atoms with Crippen molar-refractivity contribution in [1.29, 1.82) is 0 Å². The maximum Gasteiger partial charge on any atom is 0.126 e. The van der Waals surface area contributed by atoms with Crippen LogP contribution in [0.3, 0.4) is 0 Å². The highest BCUT2D eigenvalue weighted by Crippen LogP contribution is 2.32. The Kier molecular flexibility index (Phi) is 2.96. The minimum Gasteiger partial charge on any atom is -0.507 e. The molecule has 1 nitrogen and oxygen atoms in total. The standard InChI is InChI=1S/C18H16O/c1-13-11-15(12-14-7-3-2-4-8-14)16-9-5-6-10-17(16)18(13)19/h2-11,19H,12H2,1H3. The van der Waals surface area contributed by atoms with Gasteiger partial charge >= 0.3 is 0 Å². The summed E-state index contributed by atoms with van der Waals surface area (Å²) in [6.07, 6.45) is 0.891. The second kappa shape index (κ2) is 4.77. The number of phenolic OH excluding ortho intramolecular Hbond substituents is 1. The predicted octanol–water partition coefficient (Wildman–Crippen LogP) is 4.44. The quantitative estimate of drug-likeness (QED) is 0.710. The van der Waals surface area contributed by atoms with Crippen molar-refractivity contribution in [3.05, 3.63) is 77.4 Å². The van der Waals surface area contributed by atoms with Crippen LogP contribution in [0.1, 0.15) is 16.7 Å². The summed E-state index contributed by atoms with van der Waals surface area (Å²) in [5.41, 5.74) is 3.49. The summed E-state index contributed by atoms with van der Waals surface area (Å²) in [7, 11) is 0. The van der Waals surface area contributed by atoms with Crippen LogP contribution < -0.4 is 0 Å². The first kappa shape index (κ1) is 11.8. The highest BCUT2D eigenvalue weighted by atomic mass is 16.3. The molecule has 0 aromatic heterocycles. The maximum absolute atomic E-state index is 10.1. The van der Waals surface area contributed by atoms with Crippen molar-refractivity contribution in [2.45, 2.75) is 13.3 Å². The minimum atomic E-state index is 0.396. The van der Waals surface area contributed by atoms with Crippen molar-refractivity contribution in [2.24, 2.45) is 0 Å². The third kappa shape index (κ3) is 2.19. The zero-order valence-electron chi connectivity index (χ0n) is 10.9. The molecule has 0 aliphatic heterocycles. The van der Waals surface area contributed by atoms with Gasteiger partial charge in [-0.25, -0.2) is 0 Å². The van der Waals surface area contributed by atoms with Crippen molar-refractivity contribution in [3.63, 3.8) is 0 Å². The van der Waals surface area contributed by atoms with Gasteiger partial charge in [-0.2, -0.15) is 0 Å². The molecule has 0 unspecified atom stereocenters. The van der Waals surface area contributed by atoms with Crippen LogP contribution in [0.5, 0.6) is 5.75 Å². The van der Waals surface area contributed by atoms with Gasteiger partial charge in [0.25, 0.3) is 0 Å². The normalized spacial score (nSPS) is 10.8. The summed E-state index contributed by atoms with van der Waals surface area (Å²) in [6.45, 7) is 1.95. The van der Waals surface area contributed by atoms with Crippen molar-refractivity contribution in [1.82, 2.24) is 0 Å². The molecule has 0 aliphatic carbocycles. The van der Waals surface area contributed by atoms with Crippen LogP contribution in [-0.2, 0) is 6.42 Å². The Morgan fingerprint density at radius 2 is 1.47 bits per heavy atom. The smallest absolute Gasteiger partial charge is 0.126 e. The van der Waals surface area contributed by atoms with Crippen LogP contribution in [0.25, 0.3) is 10.8 Å². The second-order valence-corrected chi connectivity index (χ2v) is 4.91. The summed E-state index contributed by atoms with van der Waals surface area (Å²) in [6, 6.07) is 20.6. The van der Waals surface area contributed by atoms with E-state index in [9.17, 15) is 5.11 Å². The van der Waals surface area contributed by atoms with Crippen molar-refractivity contribution >= 4 is 10.8 Å². The predicted molar refractivity (Wildman–Crippen MR) is 79.6 cm³/mol. The van der Waals surface area contributed by atoms with E-state index in [0.717, 1.165) is 22.8 Å². The Hall–Kier alpha value is -2.28. The first-order valence-electron chi connectivity index (χ1n) is 6.50. The molecular weight excluding hydrogens is 232 g/mol. The molecule has 0 heterocycles. The molecule has 0 fully saturated rings. The van der Waals surface area contributed by atoms with Crippen molar-refractivity contribution in [3.8, 4) is 5.75 Å². The number of aryl methyl sites for hydroxylation is 1. The number of rotatable bonds is 2. The number of benzene rings is 3. The number of phenols is 1. The van der Waals surface area contributed by atoms with Gasteiger partial charge in [-0.1, -0.05) is 60.7 Å². The summed E-state index contributed by atoms with van der Waals surface area (Å²) in [4.78, 5) is 0. The van der Waals surface area contributed by atoms with Crippen molar-refractivity contribution in [2.75, 3.05) is 0 Å². The van der Waals surface area contributed by atoms with Gasteiger partial charge in [0.2, 0.25) is 0 Å². The molecule has 0 saturated carbocycles. The molecule has 19 heavy (non-hydrogen) atoms. The van der Waals surface area contributed by atoms with Crippen LogP contribution >= 0.6 is 0 Å². The van der Waals surface area contributed by atoms with E-state index in [-0.39, 0.29) is 0 Å². The summed E-state index contributed by atoms with van der Waals surface area (Å²) >= 11 is 0. The fourth-order valence-electron chi connectivity index (χ4n) is 2.55. The van der Waals surface area contributed by atoms with E-state index in [1.165, 1.54) is 11.1 Å². The van der Waals surface area contributed by atoms with E-state index < -0.39 is 0 Å². The Morgan fingerprint density at radius 3 is 2.21 bits per heavy atom. The zero-order chi connectivity index (χ0) is 13.2. The molecule has 0 aliphatic rings. The molecule has 0 bridgehead atoms. The molecule has 1 N–H and O–H groups in total. The van der Waals surface area contributed by atoms with Gasteiger partial charge in [-0.3, -0.25) is 0 Å². The van der Waals surface area contributed by atoms with Gasteiger partial charge < -0.3 is 5.11 Å². The highest BCUT2D eigenvalue weighted by molar-refractivity contribution is 5.92. The lowest BCUT2D eigenvalue weighted by Gasteiger charge is -2.11. The fraction of sp³-hybridized carbons (Fsp3) is 0.111. The van der Waals surface area contributed by atoms with E-state index in [4.69, 9.17) is 0 Å². The van der Waals surface area contributed by atoms with Gasteiger partial charge in [-0.05, 0) is 35.4 Å². The number of fused-ring (bicyclic) bond motifs is 1. The number of aromatic hydroxyl groups is 1. The Balaban J connectivity index is 2.16. The molecule has 3 aromatic rings. The molecule has 0 radical (unpaired) electrons. The van der Waals surface area contributed by atoms with Gasteiger partial charge in [0, 0.05) is 5.39 Å². The summed E-state index contributed by atoms with van der Waals surface area (Å²) in [5.74, 6) is 0.396. The third-order valence-electron chi connectivity index (χ3n) is 3.53. The topological polar surface area (TPSA) is 20.2 Å². The Morgan fingerprint density at radius 1 is 0.842 bits per heavy atom. The fourth-order valence-corrected chi connectivity index (χ4v) is 2.55. The first-order valence-corrected chi connectivity index (χ1v) is 6.50. The molecule has 0 saturated heterocycles. The van der Waals surface area contributed by atoms with Crippen LogP contribution in [0, 0.1) is 6.92 Å². The van der Waals surface area contributed by atoms with E-state index in [2.05, 4.69) is 36.4 Å². The van der Waals surface area contributed by atoms with Gasteiger partial charge in [0.1, 0.15) is 5.75 Å². The monoisotopic (exact) mass is 248 g/mol. The average molecular weight is 248 g/mol. The average Bonchev–Trinajstić information content (AvgIpc) is 2.46. The molecule has 0 spiro atoms. The molecule has 94 valence electrons. The molecule has 0 atom stereocenters. The van der Waals surface area contributed by atoms with Crippen molar-refractivity contribution < 1.29 is 5.11 Å². The van der Waals surface area contributed by atoms with Gasteiger partial charge in [-0.15, -0.1) is 0 Å². The molecule has 0 amide bonds. The first-order chi connectivity index (χ1) is 9.25. The molecule has 1 heteroatoms. The Bertz CT molecular complexity index is 714. The summed E-state index contributed by atoms with van der Waals surface area (Å²) in [5, 5.41) is 12.2. The maximum atomic E-state index is 10.1. The molecule has 3 aromatic carbocycles.